The predicted octanol–water partition coefficient (Wildman–Crippen LogP) is 0.207. The van der Waals surface area contributed by atoms with Gasteiger partial charge >= 0.3 is 0 Å². The third-order valence-corrected chi connectivity index (χ3v) is 0.917. The van der Waals surface area contributed by atoms with Gasteiger partial charge in [0.15, 0.2) is 0 Å². The third kappa shape index (κ3) is 2.53. The highest BCUT2D eigenvalue weighted by atomic mass is 16.1. The smallest absolute Gasteiger partial charge is 0.128 e. The standard InChI is InChI=1S/C6H11NO/c1-3-6(5-8)4-7-2/h3,5-7H,1,4H2,2H3. The molecule has 0 amide bonds. The van der Waals surface area contributed by atoms with E-state index in [4.69, 9.17) is 0 Å². The minimum Gasteiger partial charge on any atom is -0.319 e. The number of rotatable bonds is 4. The zero-order valence-electron chi connectivity index (χ0n) is 5.05. The van der Waals surface area contributed by atoms with Gasteiger partial charge in [0.25, 0.3) is 0 Å². The van der Waals surface area contributed by atoms with Gasteiger partial charge < -0.3 is 10.1 Å². The van der Waals surface area contributed by atoms with Crippen LogP contribution in [0, 0.1) is 5.92 Å². The van der Waals surface area contributed by atoms with E-state index in [1.165, 1.54) is 0 Å². The number of hydrogen-bond acceptors (Lipinski definition) is 2. The summed E-state index contributed by atoms with van der Waals surface area (Å²) < 4.78 is 0. The summed E-state index contributed by atoms with van der Waals surface area (Å²) >= 11 is 0. The van der Waals surface area contributed by atoms with E-state index in [-0.39, 0.29) is 5.92 Å². The second-order valence-corrected chi connectivity index (χ2v) is 1.59. The lowest BCUT2D eigenvalue weighted by Gasteiger charge is -1.99. The van der Waals surface area contributed by atoms with Crippen LogP contribution in [0.25, 0.3) is 0 Å². The van der Waals surface area contributed by atoms with Gasteiger partial charge in [-0.05, 0) is 7.05 Å². The van der Waals surface area contributed by atoms with Crippen LogP contribution in [0.3, 0.4) is 0 Å². The van der Waals surface area contributed by atoms with E-state index in [0.29, 0.717) is 6.54 Å². The Balaban J connectivity index is 3.35. The molecule has 1 atom stereocenters. The topological polar surface area (TPSA) is 29.1 Å². The van der Waals surface area contributed by atoms with Crippen molar-refractivity contribution in [3.05, 3.63) is 12.7 Å². The van der Waals surface area contributed by atoms with Crippen molar-refractivity contribution in [3.63, 3.8) is 0 Å². The highest BCUT2D eigenvalue weighted by Crippen LogP contribution is 1.87. The fourth-order valence-electron chi connectivity index (χ4n) is 0.423. The van der Waals surface area contributed by atoms with Crippen molar-refractivity contribution in [2.45, 2.75) is 0 Å². The third-order valence-electron chi connectivity index (χ3n) is 0.917. The normalized spacial score (nSPS) is 12.6. The molecule has 2 nitrogen and oxygen atoms in total. The Morgan fingerprint density at radius 2 is 2.50 bits per heavy atom. The summed E-state index contributed by atoms with van der Waals surface area (Å²) in [5.41, 5.74) is 0. The van der Waals surface area contributed by atoms with Gasteiger partial charge in [-0.3, -0.25) is 0 Å². The van der Waals surface area contributed by atoms with Crippen LogP contribution in [0.2, 0.25) is 0 Å². The first-order valence-corrected chi connectivity index (χ1v) is 2.57. The molecule has 1 unspecified atom stereocenters. The van der Waals surface area contributed by atoms with E-state index in [1.807, 2.05) is 0 Å². The summed E-state index contributed by atoms with van der Waals surface area (Å²) in [7, 11) is 1.81. The molecule has 0 aromatic carbocycles. The van der Waals surface area contributed by atoms with Crippen molar-refractivity contribution in [2.24, 2.45) is 5.92 Å². The number of carbonyl (C=O) groups excluding carboxylic acids is 1. The summed E-state index contributed by atoms with van der Waals surface area (Å²) in [5.74, 6) is -0.0278. The van der Waals surface area contributed by atoms with E-state index in [9.17, 15) is 4.79 Å². The van der Waals surface area contributed by atoms with Gasteiger partial charge in [-0.25, -0.2) is 0 Å². The molecule has 1 N–H and O–H groups in total. The van der Waals surface area contributed by atoms with Crippen molar-refractivity contribution in [2.75, 3.05) is 13.6 Å². The molecule has 0 heterocycles. The Morgan fingerprint density at radius 3 is 2.62 bits per heavy atom. The van der Waals surface area contributed by atoms with Crippen molar-refractivity contribution in [3.8, 4) is 0 Å². The molecular weight excluding hydrogens is 102 g/mol. The van der Waals surface area contributed by atoms with Gasteiger partial charge in [0, 0.05) is 12.5 Å². The van der Waals surface area contributed by atoms with Gasteiger partial charge in [0.2, 0.25) is 0 Å². The van der Waals surface area contributed by atoms with Crippen molar-refractivity contribution in [1.82, 2.24) is 5.32 Å². The fourth-order valence-corrected chi connectivity index (χ4v) is 0.423. The Kier molecular flexibility index (Phi) is 4.17. The molecule has 0 aliphatic rings. The highest BCUT2D eigenvalue weighted by molar-refractivity contribution is 5.56. The zero-order chi connectivity index (χ0) is 6.41. The second kappa shape index (κ2) is 4.53. The largest absolute Gasteiger partial charge is 0.319 e. The van der Waals surface area contributed by atoms with E-state index >= 15 is 0 Å². The number of hydrogen-bond donors (Lipinski definition) is 1. The van der Waals surface area contributed by atoms with Gasteiger partial charge in [-0.15, -0.1) is 6.58 Å². The second-order valence-electron chi connectivity index (χ2n) is 1.59. The van der Waals surface area contributed by atoms with Crippen LogP contribution < -0.4 is 5.32 Å². The van der Waals surface area contributed by atoms with Crippen LogP contribution in [-0.4, -0.2) is 19.9 Å². The lowest BCUT2D eigenvalue weighted by Crippen LogP contribution is -2.17. The Bertz CT molecular complexity index is 72.6. The summed E-state index contributed by atoms with van der Waals surface area (Å²) in [6, 6.07) is 0. The molecule has 0 saturated heterocycles. The molecule has 2 heteroatoms. The SMILES string of the molecule is C=CC(C=O)CNC. The van der Waals surface area contributed by atoms with E-state index < -0.39 is 0 Å². The van der Waals surface area contributed by atoms with Gasteiger partial charge in [-0.1, -0.05) is 6.08 Å². The summed E-state index contributed by atoms with van der Waals surface area (Å²) in [4.78, 5) is 10.0. The fraction of sp³-hybridized carbons (Fsp3) is 0.500. The van der Waals surface area contributed by atoms with Crippen LogP contribution in [0.1, 0.15) is 0 Å². The van der Waals surface area contributed by atoms with Crippen LogP contribution >= 0.6 is 0 Å². The first-order valence-electron chi connectivity index (χ1n) is 2.57. The van der Waals surface area contributed by atoms with Crippen LogP contribution in [0.4, 0.5) is 0 Å². The van der Waals surface area contributed by atoms with Crippen molar-refractivity contribution in [1.29, 1.82) is 0 Å². The number of aldehydes is 1. The molecule has 0 aromatic heterocycles. The van der Waals surface area contributed by atoms with Crippen LogP contribution in [0.15, 0.2) is 12.7 Å². The van der Waals surface area contributed by atoms with Crippen molar-refractivity contribution < 1.29 is 4.79 Å². The lowest BCUT2D eigenvalue weighted by atomic mass is 10.2. The Morgan fingerprint density at radius 1 is 1.88 bits per heavy atom. The molecule has 8 heavy (non-hydrogen) atoms. The highest BCUT2D eigenvalue weighted by Gasteiger charge is 1.96. The van der Waals surface area contributed by atoms with Gasteiger partial charge in [0.05, 0.1) is 0 Å². The monoisotopic (exact) mass is 113 g/mol. The minimum atomic E-state index is -0.0278. The molecule has 46 valence electrons. The number of carbonyl (C=O) groups is 1. The zero-order valence-corrected chi connectivity index (χ0v) is 5.05. The molecule has 0 bridgehead atoms. The Hall–Kier alpha value is -0.630. The van der Waals surface area contributed by atoms with Gasteiger partial charge in [-0.2, -0.15) is 0 Å². The predicted molar refractivity (Wildman–Crippen MR) is 33.7 cm³/mol. The molecule has 0 fully saturated rings. The van der Waals surface area contributed by atoms with E-state index in [2.05, 4.69) is 11.9 Å². The van der Waals surface area contributed by atoms with E-state index in [1.54, 1.807) is 13.1 Å². The van der Waals surface area contributed by atoms with E-state index in [0.717, 1.165) is 6.29 Å². The minimum absolute atomic E-state index is 0.0278. The summed E-state index contributed by atoms with van der Waals surface area (Å²) in [6.45, 7) is 4.17. The summed E-state index contributed by atoms with van der Waals surface area (Å²) in [6.07, 6.45) is 2.51. The molecule has 0 aromatic rings. The molecule has 0 spiro atoms. The summed E-state index contributed by atoms with van der Waals surface area (Å²) in [5, 5.41) is 2.87. The maximum atomic E-state index is 10.0. The molecule has 0 aliphatic carbocycles. The quantitative estimate of drug-likeness (QED) is 0.417. The lowest BCUT2D eigenvalue weighted by molar-refractivity contribution is -0.109. The molecule has 0 aliphatic heterocycles. The average molecular weight is 113 g/mol. The molecule has 0 rings (SSSR count). The first kappa shape index (κ1) is 7.37. The molecular formula is C6H11NO. The first-order chi connectivity index (χ1) is 3.85. The molecule has 0 saturated carbocycles. The maximum absolute atomic E-state index is 10.0. The van der Waals surface area contributed by atoms with Crippen molar-refractivity contribution >= 4 is 6.29 Å². The van der Waals surface area contributed by atoms with Crippen LogP contribution in [0.5, 0.6) is 0 Å². The Labute approximate surface area is 49.6 Å². The molecule has 0 radical (unpaired) electrons. The maximum Gasteiger partial charge on any atom is 0.128 e. The van der Waals surface area contributed by atoms with Crippen LogP contribution in [-0.2, 0) is 4.79 Å². The average Bonchev–Trinajstić information content (AvgIpc) is 1.83. The van der Waals surface area contributed by atoms with Gasteiger partial charge in [0.1, 0.15) is 6.29 Å². The number of nitrogens with one attached hydrogen (secondary N) is 1.